The summed E-state index contributed by atoms with van der Waals surface area (Å²) >= 11 is 0. The topological polar surface area (TPSA) is 71.3 Å². The van der Waals surface area contributed by atoms with E-state index in [1.807, 2.05) is 29.2 Å². The fourth-order valence-electron chi connectivity index (χ4n) is 3.69. The smallest absolute Gasteiger partial charge is 0.277 e. The Kier molecular flexibility index (Phi) is 5.16. The summed E-state index contributed by atoms with van der Waals surface area (Å²) in [5, 5.41) is 8.59. The Morgan fingerprint density at radius 1 is 1.07 bits per heavy atom. The number of carbonyl (C=O) groups excluding carboxylic acids is 1. The molecule has 0 radical (unpaired) electrons. The lowest BCUT2D eigenvalue weighted by Crippen LogP contribution is -2.49. The lowest BCUT2D eigenvalue weighted by atomic mass is 10.0. The normalized spacial score (nSPS) is 17.8. The predicted octanol–water partition coefficient (Wildman–Crippen LogP) is 1.70. The summed E-state index contributed by atoms with van der Waals surface area (Å²) in [6.45, 7) is 2.53. The molecule has 1 atom stereocenters. The van der Waals surface area contributed by atoms with Gasteiger partial charge in [0, 0.05) is 26.1 Å². The van der Waals surface area contributed by atoms with Gasteiger partial charge in [-0.15, -0.1) is 5.10 Å². The first-order chi connectivity index (χ1) is 13.6. The summed E-state index contributed by atoms with van der Waals surface area (Å²) in [6, 6.07) is 17.2. The van der Waals surface area contributed by atoms with Gasteiger partial charge in [0.1, 0.15) is 5.52 Å². The van der Waals surface area contributed by atoms with Gasteiger partial charge in [-0.1, -0.05) is 47.7 Å². The predicted molar refractivity (Wildman–Crippen MR) is 107 cm³/mol. The van der Waals surface area contributed by atoms with Crippen molar-refractivity contribution in [3.05, 3.63) is 70.5 Å². The molecule has 4 rings (SSSR count). The lowest BCUT2D eigenvalue weighted by Gasteiger charge is -2.40. The molecule has 1 aliphatic heterocycles. The molecular formula is C21H23N5O2. The minimum atomic E-state index is -0.212. The van der Waals surface area contributed by atoms with Crippen LogP contribution in [0.4, 0.5) is 0 Å². The minimum Gasteiger partial charge on any atom is -0.333 e. The highest BCUT2D eigenvalue weighted by Crippen LogP contribution is 2.25. The van der Waals surface area contributed by atoms with Crippen molar-refractivity contribution in [1.82, 2.24) is 24.8 Å². The number of carbonyl (C=O) groups is 1. The highest BCUT2D eigenvalue weighted by atomic mass is 16.2. The second-order valence-electron chi connectivity index (χ2n) is 7.16. The molecule has 1 aliphatic rings. The first-order valence-corrected chi connectivity index (χ1v) is 9.49. The third-order valence-corrected chi connectivity index (χ3v) is 5.25. The number of rotatable bonds is 4. The second-order valence-corrected chi connectivity index (χ2v) is 7.16. The highest BCUT2D eigenvalue weighted by Gasteiger charge is 2.29. The van der Waals surface area contributed by atoms with Gasteiger partial charge in [-0.2, -0.15) is 0 Å². The van der Waals surface area contributed by atoms with E-state index >= 15 is 0 Å². The Hall–Kier alpha value is -3.06. The molecule has 2 heterocycles. The van der Waals surface area contributed by atoms with Crippen LogP contribution < -0.4 is 5.56 Å². The van der Waals surface area contributed by atoms with Gasteiger partial charge in [0.05, 0.1) is 18.0 Å². The Balaban J connectivity index is 1.51. The molecule has 0 N–H and O–H groups in total. The fourth-order valence-corrected chi connectivity index (χ4v) is 3.69. The number of hydrogen-bond donors (Lipinski definition) is 0. The second kappa shape index (κ2) is 7.90. The summed E-state index contributed by atoms with van der Waals surface area (Å²) < 4.78 is 1.29. The number of benzene rings is 2. The van der Waals surface area contributed by atoms with E-state index in [2.05, 4.69) is 34.4 Å². The standard InChI is InChI=1S/C21H23N5O2/c1-24-13-14-25(19(15-24)16-7-3-2-4-8-16)20(27)11-12-26-21(28)17-9-5-6-10-18(17)22-23-26/h2-10,19H,11-15H2,1H3. The third kappa shape index (κ3) is 3.66. The van der Waals surface area contributed by atoms with Gasteiger partial charge >= 0.3 is 0 Å². The maximum absolute atomic E-state index is 13.0. The molecule has 144 valence electrons. The Morgan fingerprint density at radius 3 is 2.64 bits per heavy atom. The van der Waals surface area contributed by atoms with E-state index in [1.165, 1.54) is 4.68 Å². The summed E-state index contributed by atoms with van der Waals surface area (Å²) in [7, 11) is 2.07. The summed E-state index contributed by atoms with van der Waals surface area (Å²) in [6.07, 6.45) is 0.222. The number of amides is 1. The number of aryl methyl sites for hydroxylation is 1. The third-order valence-electron chi connectivity index (χ3n) is 5.25. The molecule has 2 aromatic carbocycles. The zero-order valence-electron chi connectivity index (χ0n) is 15.9. The maximum Gasteiger partial charge on any atom is 0.277 e. The van der Waals surface area contributed by atoms with Gasteiger partial charge in [-0.25, -0.2) is 4.68 Å². The Bertz CT molecular complexity index is 1030. The molecule has 1 aromatic heterocycles. The highest BCUT2D eigenvalue weighted by molar-refractivity contribution is 5.77. The summed E-state index contributed by atoms with van der Waals surface area (Å²) in [4.78, 5) is 29.7. The number of fused-ring (bicyclic) bond motifs is 1. The molecular weight excluding hydrogens is 354 g/mol. The van der Waals surface area contributed by atoms with Gasteiger partial charge in [-0.05, 0) is 24.7 Å². The molecule has 1 saturated heterocycles. The van der Waals surface area contributed by atoms with Crippen molar-refractivity contribution in [1.29, 1.82) is 0 Å². The molecule has 1 fully saturated rings. The van der Waals surface area contributed by atoms with Crippen molar-refractivity contribution in [3.63, 3.8) is 0 Å². The average molecular weight is 377 g/mol. The first-order valence-electron chi connectivity index (χ1n) is 9.49. The largest absolute Gasteiger partial charge is 0.333 e. The van der Waals surface area contributed by atoms with Crippen molar-refractivity contribution in [2.24, 2.45) is 0 Å². The zero-order chi connectivity index (χ0) is 19.5. The molecule has 7 nitrogen and oxygen atoms in total. The molecule has 0 bridgehead atoms. The van der Waals surface area contributed by atoms with E-state index in [9.17, 15) is 9.59 Å². The molecule has 1 unspecified atom stereocenters. The number of piperazine rings is 1. The molecule has 7 heteroatoms. The van der Waals surface area contributed by atoms with Crippen LogP contribution >= 0.6 is 0 Å². The Morgan fingerprint density at radius 2 is 1.82 bits per heavy atom. The van der Waals surface area contributed by atoms with Crippen molar-refractivity contribution in [2.45, 2.75) is 19.0 Å². The van der Waals surface area contributed by atoms with Crippen molar-refractivity contribution in [3.8, 4) is 0 Å². The van der Waals surface area contributed by atoms with Crippen LogP contribution in [0.25, 0.3) is 10.9 Å². The van der Waals surface area contributed by atoms with Crippen LogP contribution in [-0.4, -0.2) is 57.4 Å². The SMILES string of the molecule is CN1CCN(C(=O)CCn2nnc3ccccc3c2=O)C(c2ccccc2)C1. The van der Waals surface area contributed by atoms with Crippen LogP contribution in [0, 0.1) is 0 Å². The number of aromatic nitrogens is 3. The van der Waals surface area contributed by atoms with E-state index in [4.69, 9.17) is 0 Å². The Labute approximate surface area is 163 Å². The van der Waals surface area contributed by atoms with Crippen LogP contribution in [0.1, 0.15) is 18.0 Å². The molecule has 0 aliphatic carbocycles. The van der Waals surface area contributed by atoms with E-state index in [-0.39, 0.29) is 30.5 Å². The van der Waals surface area contributed by atoms with Crippen molar-refractivity contribution in [2.75, 3.05) is 26.7 Å². The van der Waals surface area contributed by atoms with Crippen molar-refractivity contribution >= 4 is 16.8 Å². The van der Waals surface area contributed by atoms with Gasteiger partial charge in [-0.3, -0.25) is 9.59 Å². The summed E-state index contributed by atoms with van der Waals surface area (Å²) in [5.41, 5.74) is 1.49. The maximum atomic E-state index is 13.0. The van der Waals surface area contributed by atoms with Crippen LogP contribution in [-0.2, 0) is 11.3 Å². The average Bonchev–Trinajstić information content (AvgIpc) is 2.74. The van der Waals surface area contributed by atoms with Gasteiger partial charge < -0.3 is 9.80 Å². The molecule has 28 heavy (non-hydrogen) atoms. The number of nitrogens with zero attached hydrogens (tertiary/aromatic N) is 5. The quantitative estimate of drug-likeness (QED) is 0.692. The molecule has 0 saturated carbocycles. The van der Waals surface area contributed by atoms with E-state index in [0.717, 1.165) is 18.7 Å². The van der Waals surface area contributed by atoms with Gasteiger partial charge in [0.2, 0.25) is 5.91 Å². The monoisotopic (exact) mass is 377 g/mol. The minimum absolute atomic E-state index is 0.0202. The number of likely N-dealkylation sites (N-methyl/N-ethyl adjacent to an activating group) is 1. The van der Waals surface area contributed by atoms with Gasteiger partial charge in [0.15, 0.2) is 0 Å². The summed E-state index contributed by atoms with van der Waals surface area (Å²) in [5.74, 6) is 0.0313. The van der Waals surface area contributed by atoms with Crippen LogP contribution in [0.5, 0.6) is 0 Å². The number of hydrogen-bond acceptors (Lipinski definition) is 5. The molecule has 1 amide bonds. The van der Waals surface area contributed by atoms with Crippen molar-refractivity contribution < 1.29 is 4.79 Å². The fraction of sp³-hybridized carbons (Fsp3) is 0.333. The van der Waals surface area contributed by atoms with Gasteiger partial charge in [0.25, 0.3) is 5.56 Å². The molecule has 3 aromatic rings. The van der Waals surface area contributed by atoms with Crippen LogP contribution in [0.3, 0.4) is 0 Å². The van der Waals surface area contributed by atoms with Crippen LogP contribution in [0.2, 0.25) is 0 Å². The molecule has 0 spiro atoms. The van der Waals surface area contributed by atoms with E-state index in [0.29, 0.717) is 17.4 Å². The van der Waals surface area contributed by atoms with Crippen LogP contribution in [0.15, 0.2) is 59.4 Å². The zero-order valence-corrected chi connectivity index (χ0v) is 15.9. The lowest BCUT2D eigenvalue weighted by molar-refractivity contribution is -0.136. The first kappa shape index (κ1) is 18.3. The van der Waals surface area contributed by atoms with E-state index < -0.39 is 0 Å². The van der Waals surface area contributed by atoms with E-state index in [1.54, 1.807) is 18.2 Å².